The van der Waals surface area contributed by atoms with Gasteiger partial charge < -0.3 is 19.3 Å². The van der Waals surface area contributed by atoms with Crippen LogP contribution in [0.25, 0.3) is 0 Å². The lowest BCUT2D eigenvalue weighted by atomic mass is 9.99. The van der Waals surface area contributed by atoms with Crippen molar-refractivity contribution in [2.45, 2.75) is 37.4 Å². The fourth-order valence-corrected chi connectivity index (χ4v) is 5.14. The Morgan fingerprint density at radius 2 is 1.70 bits per heavy atom. The van der Waals surface area contributed by atoms with Crippen LogP contribution in [-0.4, -0.2) is 54.7 Å². The zero-order chi connectivity index (χ0) is 23.0. The fraction of sp³-hybridized carbons (Fsp3) is 0.400. The van der Waals surface area contributed by atoms with Crippen LogP contribution in [0.1, 0.15) is 36.3 Å². The van der Waals surface area contributed by atoms with Crippen LogP contribution >= 0.6 is 11.6 Å². The molecule has 1 spiro atoms. The number of rotatable bonds is 5. The van der Waals surface area contributed by atoms with E-state index >= 15 is 0 Å². The Kier molecular flexibility index (Phi) is 5.85. The van der Waals surface area contributed by atoms with Gasteiger partial charge in [-0.05, 0) is 61.1 Å². The number of hydrogen-bond donors (Lipinski definition) is 0. The SMILES string of the molecule is O=C1OC2(CCCN(c3ccccc3CCN3CCC(c4ccc(Cl)cc4)C3)C2=O)OC1=O. The number of likely N-dealkylation sites (tertiary alicyclic amines) is 1. The van der Waals surface area contributed by atoms with Crippen molar-refractivity contribution in [3.63, 3.8) is 0 Å². The van der Waals surface area contributed by atoms with Crippen molar-refractivity contribution in [1.29, 1.82) is 0 Å². The maximum Gasteiger partial charge on any atom is 0.421 e. The highest BCUT2D eigenvalue weighted by Gasteiger charge is 2.58. The molecule has 0 bridgehead atoms. The minimum atomic E-state index is -1.82. The van der Waals surface area contributed by atoms with Gasteiger partial charge in [-0.2, -0.15) is 0 Å². The van der Waals surface area contributed by atoms with Crippen molar-refractivity contribution >= 4 is 35.1 Å². The minimum Gasteiger partial charge on any atom is -0.405 e. The lowest BCUT2D eigenvalue weighted by molar-refractivity contribution is -0.192. The first-order valence-corrected chi connectivity index (χ1v) is 11.7. The summed E-state index contributed by atoms with van der Waals surface area (Å²) < 4.78 is 10.2. The van der Waals surface area contributed by atoms with E-state index in [1.165, 1.54) is 5.56 Å². The van der Waals surface area contributed by atoms with Gasteiger partial charge in [0.15, 0.2) is 0 Å². The smallest absolute Gasteiger partial charge is 0.405 e. The lowest BCUT2D eigenvalue weighted by Gasteiger charge is -2.36. The maximum absolute atomic E-state index is 13.2. The number of benzene rings is 2. The zero-order valence-electron chi connectivity index (χ0n) is 18.2. The first-order valence-electron chi connectivity index (χ1n) is 11.3. The molecule has 1 atom stereocenters. The average molecular weight is 469 g/mol. The molecular weight excluding hydrogens is 444 g/mol. The summed E-state index contributed by atoms with van der Waals surface area (Å²) in [5.41, 5.74) is 3.12. The van der Waals surface area contributed by atoms with E-state index in [-0.39, 0.29) is 6.42 Å². The Bertz CT molecular complexity index is 1070. The van der Waals surface area contributed by atoms with Crippen molar-refractivity contribution in [1.82, 2.24) is 4.90 Å². The maximum atomic E-state index is 13.2. The molecule has 7 nitrogen and oxygen atoms in total. The number of para-hydroxylation sites is 1. The average Bonchev–Trinajstić information content (AvgIpc) is 3.40. The third kappa shape index (κ3) is 4.23. The van der Waals surface area contributed by atoms with Gasteiger partial charge in [0.25, 0.3) is 0 Å². The van der Waals surface area contributed by atoms with E-state index in [2.05, 4.69) is 17.0 Å². The Balaban J connectivity index is 1.27. The molecule has 0 saturated carbocycles. The Labute approximate surface area is 197 Å². The summed E-state index contributed by atoms with van der Waals surface area (Å²) in [7, 11) is 0. The van der Waals surface area contributed by atoms with Crippen LogP contribution in [0.2, 0.25) is 5.02 Å². The highest BCUT2D eigenvalue weighted by Crippen LogP contribution is 2.36. The Morgan fingerprint density at radius 1 is 0.970 bits per heavy atom. The van der Waals surface area contributed by atoms with Gasteiger partial charge >= 0.3 is 23.6 Å². The first kappa shape index (κ1) is 21.9. The second-order valence-corrected chi connectivity index (χ2v) is 9.25. The Morgan fingerprint density at radius 3 is 2.45 bits per heavy atom. The van der Waals surface area contributed by atoms with Crippen LogP contribution < -0.4 is 4.90 Å². The topological polar surface area (TPSA) is 76.2 Å². The predicted molar refractivity (Wildman–Crippen MR) is 122 cm³/mol. The normalized spacial score (nSPS) is 22.6. The highest BCUT2D eigenvalue weighted by molar-refractivity contribution is 6.32. The summed E-state index contributed by atoms with van der Waals surface area (Å²) in [4.78, 5) is 40.5. The van der Waals surface area contributed by atoms with Crippen molar-refractivity contribution in [3.05, 3.63) is 64.7 Å². The van der Waals surface area contributed by atoms with Gasteiger partial charge in [0.2, 0.25) is 0 Å². The van der Waals surface area contributed by atoms with Crippen molar-refractivity contribution < 1.29 is 23.9 Å². The van der Waals surface area contributed by atoms with E-state index in [0.29, 0.717) is 18.9 Å². The number of anilines is 1. The molecule has 2 aromatic rings. The molecular formula is C25H25ClN2O5. The van der Waals surface area contributed by atoms with E-state index < -0.39 is 23.6 Å². The number of halogens is 1. The quantitative estimate of drug-likeness (QED) is 0.495. The lowest BCUT2D eigenvalue weighted by Crippen LogP contribution is -2.55. The number of piperidine rings is 1. The molecule has 1 amide bonds. The molecule has 3 fully saturated rings. The number of esters is 2. The number of nitrogens with zero attached hydrogens (tertiary/aromatic N) is 2. The van der Waals surface area contributed by atoms with Crippen LogP contribution in [-0.2, 0) is 30.3 Å². The van der Waals surface area contributed by atoms with Gasteiger partial charge in [-0.25, -0.2) is 9.59 Å². The summed E-state index contributed by atoms with van der Waals surface area (Å²) in [6.07, 6.45) is 2.63. The number of carbonyl (C=O) groups is 3. The predicted octanol–water partition coefficient (Wildman–Crippen LogP) is 3.30. The standard InChI is InChI=1S/C25H25ClN2O5/c26-20-8-6-17(7-9-20)19-11-15-27(16-19)14-10-18-4-1-2-5-21(18)28-13-3-12-25(24(28)31)32-22(29)23(30)33-25/h1-2,4-9,19H,3,10-16H2. The molecule has 33 heavy (non-hydrogen) atoms. The van der Waals surface area contributed by atoms with Crippen LogP contribution in [0.4, 0.5) is 5.69 Å². The van der Waals surface area contributed by atoms with Crippen molar-refractivity contribution in [3.8, 4) is 0 Å². The second-order valence-electron chi connectivity index (χ2n) is 8.81. The van der Waals surface area contributed by atoms with E-state index in [0.717, 1.165) is 48.7 Å². The van der Waals surface area contributed by atoms with Crippen LogP contribution in [0.15, 0.2) is 48.5 Å². The molecule has 3 saturated heterocycles. The molecule has 0 aromatic heterocycles. The molecule has 8 heteroatoms. The molecule has 2 aromatic carbocycles. The van der Waals surface area contributed by atoms with E-state index in [1.54, 1.807) is 4.90 Å². The highest BCUT2D eigenvalue weighted by atomic mass is 35.5. The van der Waals surface area contributed by atoms with E-state index in [9.17, 15) is 14.4 Å². The third-order valence-electron chi connectivity index (χ3n) is 6.73. The number of amides is 1. The fourth-order valence-electron chi connectivity index (χ4n) is 5.01. The van der Waals surface area contributed by atoms with Crippen LogP contribution in [0.3, 0.4) is 0 Å². The van der Waals surface area contributed by atoms with Gasteiger partial charge in [-0.15, -0.1) is 0 Å². The molecule has 0 radical (unpaired) electrons. The van der Waals surface area contributed by atoms with Gasteiger partial charge in [0.05, 0.1) is 0 Å². The molecule has 5 rings (SSSR count). The number of hydrogen-bond acceptors (Lipinski definition) is 6. The van der Waals surface area contributed by atoms with Gasteiger partial charge in [0, 0.05) is 36.8 Å². The van der Waals surface area contributed by atoms with Gasteiger partial charge in [-0.3, -0.25) is 4.79 Å². The molecule has 0 N–H and O–H groups in total. The van der Waals surface area contributed by atoms with Gasteiger partial charge in [-0.1, -0.05) is 41.9 Å². The Hall–Kier alpha value is -2.90. The summed E-state index contributed by atoms with van der Waals surface area (Å²) in [5.74, 6) is -4.04. The van der Waals surface area contributed by atoms with Gasteiger partial charge in [0.1, 0.15) is 0 Å². The second kappa shape index (κ2) is 8.80. The molecule has 3 heterocycles. The van der Waals surface area contributed by atoms with E-state index in [4.69, 9.17) is 21.1 Å². The summed E-state index contributed by atoms with van der Waals surface area (Å²) in [6.45, 7) is 3.36. The van der Waals surface area contributed by atoms with Crippen molar-refractivity contribution in [2.75, 3.05) is 31.1 Å². The molecule has 3 aliphatic rings. The summed E-state index contributed by atoms with van der Waals surface area (Å²) in [6, 6.07) is 15.8. The molecule has 172 valence electrons. The first-order chi connectivity index (χ1) is 15.9. The van der Waals surface area contributed by atoms with E-state index in [1.807, 2.05) is 36.4 Å². The third-order valence-corrected chi connectivity index (χ3v) is 6.99. The van der Waals surface area contributed by atoms with Crippen molar-refractivity contribution in [2.24, 2.45) is 0 Å². The summed E-state index contributed by atoms with van der Waals surface area (Å²) >= 11 is 6.02. The molecule has 3 aliphatic heterocycles. The van der Waals surface area contributed by atoms with Crippen LogP contribution in [0, 0.1) is 0 Å². The molecule has 0 aliphatic carbocycles. The summed E-state index contributed by atoms with van der Waals surface area (Å²) in [5, 5.41) is 0.751. The number of carbonyl (C=O) groups excluding carboxylic acids is 3. The number of ether oxygens (including phenoxy) is 2. The monoisotopic (exact) mass is 468 g/mol. The van der Waals surface area contributed by atoms with Crippen LogP contribution in [0.5, 0.6) is 0 Å². The molecule has 1 unspecified atom stereocenters. The zero-order valence-corrected chi connectivity index (χ0v) is 18.9. The largest absolute Gasteiger partial charge is 0.421 e. The minimum absolute atomic E-state index is 0.182.